The van der Waals surface area contributed by atoms with Crippen LogP contribution in [0.1, 0.15) is 49.2 Å². The van der Waals surface area contributed by atoms with E-state index in [9.17, 15) is 0 Å². The Bertz CT molecular complexity index is 869. The number of pyridine rings is 1. The highest BCUT2D eigenvalue weighted by molar-refractivity contribution is 5.62. The monoisotopic (exact) mass is 362 g/mol. The molecule has 27 heavy (non-hydrogen) atoms. The molecule has 3 aromatic rings. The maximum absolute atomic E-state index is 5.33. The highest BCUT2D eigenvalue weighted by Crippen LogP contribution is 2.30. The van der Waals surface area contributed by atoms with Crippen molar-refractivity contribution in [3.8, 4) is 11.5 Å². The van der Waals surface area contributed by atoms with Crippen LogP contribution in [0.15, 0.2) is 47.1 Å². The summed E-state index contributed by atoms with van der Waals surface area (Å²) in [5.74, 6) is 1.89. The van der Waals surface area contributed by atoms with E-state index >= 15 is 0 Å². The average molecular weight is 362 g/mol. The average Bonchev–Trinajstić information content (AvgIpc) is 3.15. The van der Waals surface area contributed by atoms with E-state index in [1.807, 2.05) is 19.2 Å². The molecule has 5 nitrogen and oxygen atoms in total. The number of nitrogens with one attached hydrogen (secondary N) is 1. The Morgan fingerprint density at radius 3 is 2.67 bits per heavy atom. The number of nitrogens with zero attached hydrogens (tertiary/aromatic N) is 3. The van der Waals surface area contributed by atoms with Crippen molar-refractivity contribution in [3.63, 3.8) is 0 Å². The molecule has 1 aromatic carbocycles. The van der Waals surface area contributed by atoms with Crippen molar-refractivity contribution in [1.82, 2.24) is 15.1 Å². The van der Waals surface area contributed by atoms with Gasteiger partial charge in [0.05, 0.1) is 16.9 Å². The quantitative estimate of drug-likeness (QED) is 0.655. The lowest BCUT2D eigenvalue weighted by atomic mass is 9.85. The Kier molecular flexibility index (Phi) is 5.47. The molecule has 5 heteroatoms. The summed E-state index contributed by atoms with van der Waals surface area (Å²) in [6.45, 7) is 2.60. The van der Waals surface area contributed by atoms with Gasteiger partial charge >= 0.3 is 0 Å². The van der Waals surface area contributed by atoms with Gasteiger partial charge in [0.25, 0.3) is 5.89 Å². The summed E-state index contributed by atoms with van der Waals surface area (Å²) in [7, 11) is 0. The number of benzene rings is 1. The highest BCUT2D eigenvalue weighted by atomic mass is 16.5. The zero-order valence-corrected chi connectivity index (χ0v) is 15.8. The number of hydrogen-bond donors (Lipinski definition) is 1. The number of hydrogen-bond acceptors (Lipinski definition) is 5. The second-order valence-corrected chi connectivity index (χ2v) is 7.41. The van der Waals surface area contributed by atoms with Gasteiger partial charge in [0.2, 0.25) is 0 Å². The molecule has 0 amide bonds. The normalized spacial score (nSPS) is 15.0. The summed E-state index contributed by atoms with van der Waals surface area (Å²) >= 11 is 0. The maximum Gasteiger partial charge on any atom is 0.259 e. The predicted octanol–water partition coefficient (Wildman–Crippen LogP) is 5.17. The largest absolute Gasteiger partial charge is 0.379 e. The Labute approximate surface area is 160 Å². The lowest BCUT2D eigenvalue weighted by Gasteiger charge is -2.22. The van der Waals surface area contributed by atoms with Gasteiger partial charge in [-0.25, -0.2) is 0 Å². The van der Waals surface area contributed by atoms with Crippen LogP contribution in [0.3, 0.4) is 0 Å². The molecule has 1 fully saturated rings. The van der Waals surface area contributed by atoms with Gasteiger partial charge in [0, 0.05) is 12.7 Å². The van der Waals surface area contributed by atoms with E-state index in [0.29, 0.717) is 11.7 Å². The Morgan fingerprint density at radius 2 is 1.93 bits per heavy atom. The molecule has 140 valence electrons. The molecule has 0 bridgehead atoms. The van der Waals surface area contributed by atoms with Gasteiger partial charge < -0.3 is 9.84 Å². The summed E-state index contributed by atoms with van der Waals surface area (Å²) < 4.78 is 5.33. The highest BCUT2D eigenvalue weighted by Gasteiger charge is 2.18. The van der Waals surface area contributed by atoms with Crippen molar-refractivity contribution in [2.75, 3.05) is 5.32 Å². The lowest BCUT2D eigenvalue weighted by molar-refractivity contribution is 0.354. The van der Waals surface area contributed by atoms with E-state index in [4.69, 9.17) is 9.51 Å². The fourth-order valence-electron chi connectivity index (χ4n) is 3.80. The molecular formula is C22H26N4O. The van der Waals surface area contributed by atoms with Crippen LogP contribution in [0.25, 0.3) is 11.5 Å². The standard InChI is InChI=1S/C22H26N4O/c1-16-25-22(27-26-16)19-13-21(23-14-18-10-6-3-7-11-18)20(24-15-19)12-17-8-4-2-5-9-17/h3,6-7,10-11,13,15,17,23H,2,4-5,8-9,12,14H2,1H3. The van der Waals surface area contributed by atoms with Gasteiger partial charge in [0.1, 0.15) is 0 Å². The number of rotatable bonds is 6. The van der Waals surface area contributed by atoms with Crippen LogP contribution in [0.5, 0.6) is 0 Å². The molecule has 1 N–H and O–H groups in total. The minimum absolute atomic E-state index is 0.520. The molecular weight excluding hydrogens is 336 g/mol. The number of aryl methyl sites for hydroxylation is 1. The van der Waals surface area contributed by atoms with Crippen LogP contribution in [0, 0.1) is 12.8 Å². The molecule has 1 aliphatic carbocycles. The summed E-state index contributed by atoms with van der Waals surface area (Å²) in [6.07, 6.45) is 9.57. The fourth-order valence-corrected chi connectivity index (χ4v) is 3.80. The van der Waals surface area contributed by atoms with Crippen LogP contribution in [0.2, 0.25) is 0 Å². The Balaban J connectivity index is 1.58. The zero-order valence-electron chi connectivity index (χ0n) is 15.8. The van der Waals surface area contributed by atoms with Crippen molar-refractivity contribution >= 4 is 5.69 Å². The fraction of sp³-hybridized carbons (Fsp3) is 0.409. The first-order valence-corrected chi connectivity index (χ1v) is 9.85. The summed E-state index contributed by atoms with van der Waals surface area (Å²) in [5.41, 5.74) is 4.31. The van der Waals surface area contributed by atoms with Crippen LogP contribution in [0.4, 0.5) is 5.69 Å². The van der Waals surface area contributed by atoms with E-state index < -0.39 is 0 Å². The van der Waals surface area contributed by atoms with E-state index in [1.165, 1.54) is 37.7 Å². The molecule has 4 rings (SSSR count). The van der Waals surface area contributed by atoms with Crippen molar-refractivity contribution in [2.24, 2.45) is 5.92 Å². The molecule has 0 aliphatic heterocycles. The molecule has 1 saturated carbocycles. The maximum atomic E-state index is 5.33. The van der Waals surface area contributed by atoms with Crippen molar-refractivity contribution in [1.29, 1.82) is 0 Å². The second kappa shape index (κ2) is 8.33. The third-order valence-corrected chi connectivity index (χ3v) is 5.28. The van der Waals surface area contributed by atoms with E-state index in [0.717, 1.165) is 35.8 Å². The minimum Gasteiger partial charge on any atom is -0.379 e. The SMILES string of the molecule is Cc1noc(-c2cnc(CC3CCCCC3)c(NCc3ccccc3)c2)n1. The summed E-state index contributed by atoms with van der Waals surface area (Å²) in [6, 6.07) is 12.5. The molecule has 0 radical (unpaired) electrons. The van der Waals surface area contributed by atoms with E-state index in [2.05, 4.69) is 45.8 Å². The molecule has 2 aromatic heterocycles. The summed E-state index contributed by atoms with van der Waals surface area (Å²) in [4.78, 5) is 9.12. The Morgan fingerprint density at radius 1 is 1.11 bits per heavy atom. The minimum atomic E-state index is 0.520. The molecule has 1 aliphatic rings. The first-order valence-electron chi connectivity index (χ1n) is 9.85. The third kappa shape index (κ3) is 4.54. The second-order valence-electron chi connectivity index (χ2n) is 7.41. The predicted molar refractivity (Wildman–Crippen MR) is 106 cm³/mol. The van der Waals surface area contributed by atoms with Crippen LogP contribution in [-0.4, -0.2) is 15.1 Å². The Hall–Kier alpha value is -2.69. The number of aromatic nitrogens is 3. The van der Waals surface area contributed by atoms with Gasteiger partial charge in [-0.05, 0) is 30.9 Å². The van der Waals surface area contributed by atoms with Gasteiger partial charge in [0.15, 0.2) is 5.82 Å². The zero-order chi connectivity index (χ0) is 18.5. The van der Waals surface area contributed by atoms with Gasteiger partial charge in [-0.15, -0.1) is 0 Å². The summed E-state index contributed by atoms with van der Waals surface area (Å²) in [5, 5.41) is 7.48. The van der Waals surface area contributed by atoms with Gasteiger partial charge in [-0.1, -0.05) is 67.6 Å². The van der Waals surface area contributed by atoms with Gasteiger partial charge in [-0.3, -0.25) is 4.98 Å². The molecule has 0 atom stereocenters. The topological polar surface area (TPSA) is 63.8 Å². The van der Waals surface area contributed by atoms with E-state index in [-0.39, 0.29) is 0 Å². The van der Waals surface area contributed by atoms with Crippen LogP contribution in [-0.2, 0) is 13.0 Å². The van der Waals surface area contributed by atoms with Crippen molar-refractivity contribution in [3.05, 3.63) is 59.7 Å². The smallest absolute Gasteiger partial charge is 0.259 e. The van der Waals surface area contributed by atoms with Crippen LogP contribution < -0.4 is 5.32 Å². The molecule has 0 spiro atoms. The van der Waals surface area contributed by atoms with Gasteiger partial charge in [-0.2, -0.15) is 4.98 Å². The lowest BCUT2D eigenvalue weighted by Crippen LogP contribution is -2.12. The first-order chi connectivity index (χ1) is 13.3. The van der Waals surface area contributed by atoms with E-state index in [1.54, 1.807) is 0 Å². The van der Waals surface area contributed by atoms with Crippen molar-refractivity contribution in [2.45, 2.75) is 52.0 Å². The molecule has 2 heterocycles. The number of anilines is 1. The third-order valence-electron chi connectivity index (χ3n) is 5.28. The first kappa shape index (κ1) is 17.7. The van der Waals surface area contributed by atoms with Crippen LogP contribution >= 0.6 is 0 Å². The molecule has 0 unspecified atom stereocenters. The van der Waals surface area contributed by atoms with Crippen molar-refractivity contribution < 1.29 is 4.52 Å². The molecule has 0 saturated heterocycles.